The number of aromatic nitrogens is 2. The molecule has 1 heterocycles. The van der Waals surface area contributed by atoms with Gasteiger partial charge in [-0.15, -0.1) is 0 Å². The summed E-state index contributed by atoms with van der Waals surface area (Å²) >= 11 is 0. The van der Waals surface area contributed by atoms with Crippen LogP contribution >= 0.6 is 0 Å². The first kappa shape index (κ1) is 19.4. The molecule has 5 nitrogen and oxygen atoms in total. The van der Waals surface area contributed by atoms with Crippen LogP contribution in [0.15, 0.2) is 60.8 Å². The van der Waals surface area contributed by atoms with E-state index in [1.165, 1.54) is 18.3 Å². The second kappa shape index (κ2) is 8.56. The molecule has 3 rings (SSSR count). The molecule has 1 N–H and O–H groups in total. The van der Waals surface area contributed by atoms with E-state index in [1.54, 1.807) is 4.90 Å². The van der Waals surface area contributed by atoms with Crippen molar-refractivity contribution < 1.29 is 13.6 Å². The molecule has 0 saturated carbocycles. The number of amides is 1. The van der Waals surface area contributed by atoms with Gasteiger partial charge in [-0.1, -0.05) is 30.3 Å². The van der Waals surface area contributed by atoms with Gasteiger partial charge in [-0.2, -0.15) is 0 Å². The van der Waals surface area contributed by atoms with Gasteiger partial charge in [0.15, 0.2) is 11.6 Å². The molecule has 0 bridgehead atoms. The standard InChI is InChI=1S/C21H20F2N4O/c1-14(2)27(13-15-6-4-3-5-7-15)20(28)19-10-11-24-21(26-19)25-16-8-9-17(22)18(23)12-16/h3-12,14H,13H2,1-2H3,(H,24,25,26). The van der Waals surface area contributed by atoms with E-state index in [1.807, 2.05) is 44.2 Å². The van der Waals surface area contributed by atoms with E-state index in [0.29, 0.717) is 6.54 Å². The summed E-state index contributed by atoms with van der Waals surface area (Å²) in [5.41, 5.74) is 1.51. The predicted octanol–water partition coefficient (Wildman–Crippen LogP) is 4.55. The molecule has 0 spiro atoms. The number of carbonyl (C=O) groups is 1. The Balaban J connectivity index is 1.80. The van der Waals surface area contributed by atoms with Gasteiger partial charge < -0.3 is 10.2 Å². The number of anilines is 2. The molecule has 1 amide bonds. The summed E-state index contributed by atoms with van der Waals surface area (Å²) < 4.78 is 26.4. The SMILES string of the molecule is CC(C)N(Cc1ccccc1)C(=O)c1ccnc(Nc2ccc(F)c(F)c2)n1. The molecule has 0 fully saturated rings. The van der Waals surface area contributed by atoms with E-state index in [2.05, 4.69) is 15.3 Å². The van der Waals surface area contributed by atoms with Crippen LogP contribution in [0.3, 0.4) is 0 Å². The van der Waals surface area contributed by atoms with Gasteiger partial charge in [0, 0.05) is 30.5 Å². The third-order valence-electron chi connectivity index (χ3n) is 4.13. The fraction of sp³-hybridized carbons (Fsp3) is 0.190. The van der Waals surface area contributed by atoms with E-state index in [0.717, 1.165) is 17.7 Å². The third kappa shape index (κ3) is 4.68. The summed E-state index contributed by atoms with van der Waals surface area (Å²) in [7, 11) is 0. The van der Waals surface area contributed by atoms with Gasteiger partial charge in [-0.05, 0) is 37.6 Å². The predicted molar refractivity (Wildman–Crippen MR) is 103 cm³/mol. The molecule has 0 aliphatic heterocycles. The van der Waals surface area contributed by atoms with Gasteiger partial charge in [0.1, 0.15) is 5.69 Å². The minimum absolute atomic E-state index is 0.0368. The number of nitrogens with one attached hydrogen (secondary N) is 1. The molecule has 0 unspecified atom stereocenters. The van der Waals surface area contributed by atoms with Gasteiger partial charge >= 0.3 is 0 Å². The molecule has 0 atom stereocenters. The van der Waals surface area contributed by atoms with Crippen LogP contribution in [0.25, 0.3) is 0 Å². The maximum Gasteiger partial charge on any atom is 0.273 e. The van der Waals surface area contributed by atoms with Crippen molar-refractivity contribution in [1.29, 1.82) is 0 Å². The van der Waals surface area contributed by atoms with Gasteiger partial charge in [0.25, 0.3) is 5.91 Å². The number of hydrogen-bond donors (Lipinski definition) is 1. The molecule has 3 aromatic rings. The summed E-state index contributed by atoms with van der Waals surface area (Å²) in [6.45, 7) is 4.32. The Morgan fingerprint density at radius 2 is 1.82 bits per heavy atom. The van der Waals surface area contributed by atoms with Gasteiger partial charge in [0.2, 0.25) is 5.95 Å². The molecule has 0 radical (unpaired) electrons. The number of benzene rings is 2. The second-order valence-electron chi connectivity index (χ2n) is 6.53. The lowest BCUT2D eigenvalue weighted by atomic mass is 10.1. The van der Waals surface area contributed by atoms with Gasteiger partial charge in [0.05, 0.1) is 0 Å². The number of halogens is 2. The molecule has 0 saturated heterocycles. The molecular weight excluding hydrogens is 362 g/mol. The molecule has 144 valence electrons. The smallest absolute Gasteiger partial charge is 0.273 e. The second-order valence-corrected chi connectivity index (χ2v) is 6.53. The molecular formula is C21H20F2N4O. The Bertz CT molecular complexity index is 964. The Kier molecular flexibility index (Phi) is 5.93. The Morgan fingerprint density at radius 1 is 1.07 bits per heavy atom. The van der Waals surface area contributed by atoms with Gasteiger partial charge in [-0.3, -0.25) is 4.79 Å². The number of rotatable bonds is 6. The maximum absolute atomic E-state index is 13.4. The van der Waals surface area contributed by atoms with Crippen molar-refractivity contribution >= 4 is 17.5 Å². The fourth-order valence-electron chi connectivity index (χ4n) is 2.66. The van der Waals surface area contributed by atoms with E-state index in [9.17, 15) is 13.6 Å². The summed E-state index contributed by atoms with van der Waals surface area (Å²) in [5, 5.41) is 2.79. The van der Waals surface area contributed by atoms with Crippen LogP contribution in [0.4, 0.5) is 20.4 Å². The first-order valence-corrected chi connectivity index (χ1v) is 8.84. The fourth-order valence-corrected chi connectivity index (χ4v) is 2.66. The van der Waals surface area contributed by atoms with Crippen molar-refractivity contribution in [3.8, 4) is 0 Å². The van der Waals surface area contributed by atoms with Crippen LogP contribution in [0.5, 0.6) is 0 Å². The van der Waals surface area contributed by atoms with Crippen LogP contribution < -0.4 is 5.32 Å². The van der Waals surface area contributed by atoms with Crippen LogP contribution in [-0.4, -0.2) is 26.8 Å². The van der Waals surface area contributed by atoms with Crippen molar-refractivity contribution in [3.63, 3.8) is 0 Å². The lowest BCUT2D eigenvalue weighted by molar-refractivity contribution is 0.0684. The highest BCUT2D eigenvalue weighted by atomic mass is 19.2. The zero-order valence-electron chi connectivity index (χ0n) is 15.6. The Morgan fingerprint density at radius 3 is 2.50 bits per heavy atom. The summed E-state index contributed by atoms with van der Waals surface area (Å²) in [4.78, 5) is 23.0. The first-order valence-electron chi connectivity index (χ1n) is 8.84. The van der Waals surface area contributed by atoms with E-state index in [-0.39, 0.29) is 29.3 Å². The molecule has 7 heteroatoms. The molecule has 0 aliphatic carbocycles. The molecule has 2 aromatic carbocycles. The number of hydrogen-bond acceptors (Lipinski definition) is 4. The summed E-state index contributed by atoms with van der Waals surface area (Å²) in [6.07, 6.45) is 1.45. The van der Waals surface area contributed by atoms with Crippen LogP contribution in [0, 0.1) is 11.6 Å². The van der Waals surface area contributed by atoms with Crippen LogP contribution in [0.1, 0.15) is 29.9 Å². The van der Waals surface area contributed by atoms with Crippen molar-refractivity contribution in [1.82, 2.24) is 14.9 Å². The average molecular weight is 382 g/mol. The quantitative estimate of drug-likeness (QED) is 0.680. The van der Waals surface area contributed by atoms with Crippen molar-refractivity contribution in [2.24, 2.45) is 0 Å². The minimum atomic E-state index is -0.980. The zero-order valence-corrected chi connectivity index (χ0v) is 15.6. The zero-order chi connectivity index (χ0) is 20.1. The first-order chi connectivity index (χ1) is 13.4. The summed E-state index contributed by atoms with van der Waals surface area (Å²) in [5.74, 6) is -2.04. The molecule has 0 aliphatic rings. The monoisotopic (exact) mass is 382 g/mol. The lowest BCUT2D eigenvalue weighted by Gasteiger charge is -2.26. The van der Waals surface area contributed by atoms with Crippen molar-refractivity contribution in [2.45, 2.75) is 26.4 Å². The van der Waals surface area contributed by atoms with Gasteiger partial charge in [-0.25, -0.2) is 18.7 Å². The Hall–Kier alpha value is -3.35. The van der Waals surface area contributed by atoms with Crippen molar-refractivity contribution in [2.75, 3.05) is 5.32 Å². The third-order valence-corrected chi connectivity index (χ3v) is 4.13. The number of nitrogens with zero attached hydrogens (tertiary/aromatic N) is 3. The number of carbonyl (C=O) groups excluding carboxylic acids is 1. The van der Waals surface area contributed by atoms with E-state index < -0.39 is 11.6 Å². The van der Waals surface area contributed by atoms with E-state index in [4.69, 9.17) is 0 Å². The largest absolute Gasteiger partial charge is 0.331 e. The topological polar surface area (TPSA) is 58.1 Å². The highest BCUT2D eigenvalue weighted by Gasteiger charge is 2.21. The maximum atomic E-state index is 13.4. The highest BCUT2D eigenvalue weighted by Crippen LogP contribution is 2.18. The molecule has 1 aromatic heterocycles. The normalized spacial score (nSPS) is 10.8. The van der Waals surface area contributed by atoms with E-state index >= 15 is 0 Å². The minimum Gasteiger partial charge on any atom is -0.331 e. The lowest BCUT2D eigenvalue weighted by Crippen LogP contribution is -2.37. The highest BCUT2D eigenvalue weighted by molar-refractivity contribution is 5.92. The molecule has 28 heavy (non-hydrogen) atoms. The summed E-state index contributed by atoms with van der Waals surface area (Å²) in [6, 6.07) is 14.6. The Labute approximate surface area is 162 Å². The van der Waals surface area contributed by atoms with Crippen LogP contribution in [0.2, 0.25) is 0 Å². The van der Waals surface area contributed by atoms with Crippen molar-refractivity contribution in [3.05, 3.63) is 83.7 Å². The van der Waals surface area contributed by atoms with Crippen LogP contribution in [-0.2, 0) is 6.54 Å². The average Bonchev–Trinajstić information content (AvgIpc) is 2.69.